The van der Waals surface area contributed by atoms with E-state index in [0.29, 0.717) is 27.9 Å². The Morgan fingerprint density at radius 3 is 2.54 bits per heavy atom. The van der Waals surface area contributed by atoms with Gasteiger partial charge in [-0.05, 0) is 48.0 Å². The maximum Gasteiger partial charge on any atom is 0.244 e. The highest BCUT2D eigenvalue weighted by molar-refractivity contribution is 6.30. The van der Waals surface area contributed by atoms with Crippen LogP contribution in [0.4, 0.5) is 0 Å². The SMILES string of the molecule is COc1ccc(-c2nnn(CC(=O)N[C@@H](C)c3ccc(Cl)cc3)n2)cc1OC. The molecule has 1 N–H and O–H groups in total. The third kappa shape index (κ3) is 4.58. The molecule has 28 heavy (non-hydrogen) atoms. The monoisotopic (exact) mass is 401 g/mol. The molecule has 3 aromatic rings. The predicted molar refractivity (Wildman–Crippen MR) is 104 cm³/mol. The number of nitrogens with one attached hydrogen (secondary N) is 1. The number of aromatic nitrogens is 4. The highest BCUT2D eigenvalue weighted by Gasteiger charge is 2.14. The van der Waals surface area contributed by atoms with E-state index in [0.717, 1.165) is 5.56 Å². The molecule has 0 spiro atoms. The van der Waals surface area contributed by atoms with Gasteiger partial charge in [-0.3, -0.25) is 4.79 Å². The van der Waals surface area contributed by atoms with E-state index in [1.54, 1.807) is 44.6 Å². The summed E-state index contributed by atoms with van der Waals surface area (Å²) in [5, 5.41) is 15.8. The number of carbonyl (C=O) groups is 1. The van der Waals surface area contributed by atoms with Crippen molar-refractivity contribution in [2.24, 2.45) is 0 Å². The van der Waals surface area contributed by atoms with Crippen LogP contribution in [0.1, 0.15) is 18.5 Å². The van der Waals surface area contributed by atoms with Gasteiger partial charge >= 0.3 is 0 Å². The summed E-state index contributed by atoms with van der Waals surface area (Å²) in [6.07, 6.45) is 0. The first-order valence-corrected chi connectivity index (χ1v) is 8.93. The summed E-state index contributed by atoms with van der Waals surface area (Å²) in [6.45, 7) is 1.85. The number of carbonyl (C=O) groups excluding carboxylic acids is 1. The summed E-state index contributed by atoms with van der Waals surface area (Å²) < 4.78 is 10.5. The van der Waals surface area contributed by atoms with Crippen molar-refractivity contribution in [2.75, 3.05) is 14.2 Å². The Morgan fingerprint density at radius 2 is 1.86 bits per heavy atom. The van der Waals surface area contributed by atoms with Crippen LogP contribution < -0.4 is 14.8 Å². The van der Waals surface area contributed by atoms with Crippen LogP contribution in [0.3, 0.4) is 0 Å². The van der Waals surface area contributed by atoms with Crippen molar-refractivity contribution < 1.29 is 14.3 Å². The molecular weight excluding hydrogens is 382 g/mol. The van der Waals surface area contributed by atoms with Crippen molar-refractivity contribution in [2.45, 2.75) is 19.5 Å². The van der Waals surface area contributed by atoms with Crippen molar-refractivity contribution in [3.8, 4) is 22.9 Å². The Balaban J connectivity index is 1.65. The van der Waals surface area contributed by atoms with Gasteiger partial charge in [-0.15, -0.1) is 10.2 Å². The van der Waals surface area contributed by atoms with Crippen molar-refractivity contribution in [1.29, 1.82) is 0 Å². The zero-order valence-corrected chi connectivity index (χ0v) is 16.5. The quantitative estimate of drug-likeness (QED) is 0.654. The molecule has 1 amide bonds. The van der Waals surface area contributed by atoms with E-state index in [2.05, 4.69) is 20.7 Å². The number of hydrogen-bond acceptors (Lipinski definition) is 6. The van der Waals surface area contributed by atoms with Crippen molar-refractivity contribution in [1.82, 2.24) is 25.5 Å². The molecule has 0 aliphatic rings. The highest BCUT2D eigenvalue weighted by atomic mass is 35.5. The molecule has 1 heterocycles. The molecule has 0 aliphatic carbocycles. The molecule has 2 aromatic carbocycles. The average Bonchev–Trinajstić information content (AvgIpc) is 3.16. The number of benzene rings is 2. The summed E-state index contributed by atoms with van der Waals surface area (Å²) in [7, 11) is 3.12. The Morgan fingerprint density at radius 1 is 1.14 bits per heavy atom. The molecule has 0 radical (unpaired) electrons. The fraction of sp³-hybridized carbons (Fsp3) is 0.263. The summed E-state index contributed by atoms with van der Waals surface area (Å²) in [5.74, 6) is 1.33. The number of halogens is 1. The maximum absolute atomic E-state index is 12.3. The second kappa shape index (κ2) is 8.71. The van der Waals surface area contributed by atoms with Gasteiger partial charge in [0.05, 0.1) is 20.3 Å². The second-order valence-corrected chi connectivity index (χ2v) is 6.49. The van der Waals surface area contributed by atoms with Crippen LogP contribution in [0.2, 0.25) is 5.02 Å². The smallest absolute Gasteiger partial charge is 0.244 e. The number of methoxy groups -OCH3 is 2. The second-order valence-electron chi connectivity index (χ2n) is 6.05. The number of ether oxygens (including phenoxy) is 2. The first kappa shape index (κ1) is 19.6. The van der Waals surface area contributed by atoms with Gasteiger partial charge in [0.15, 0.2) is 11.5 Å². The van der Waals surface area contributed by atoms with Gasteiger partial charge < -0.3 is 14.8 Å². The third-order valence-electron chi connectivity index (χ3n) is 4.13. The molecule has 0 saturated carbocycles. The number of amides is 1. The number of tetrazole rings is 1. The molecule has 0 fully saturated rings. The predicted octanol–water partition coefficient (Wildman–Crippen LogP) is 2.89. The summed E-state index contributed by atoms with van der Waals surface area (Å²) in [6, 6.07) is 12.5. The first-order chi connectivity index (χ1) is 13.5. The molecule has 3 rings (SSSR count). The standard InChI is InChI=1S/C19H20ClN5O3/c1-12(13-4-7-15(20)8-5-13)21-18(26)11-25-23-19(22-24-25)14-6-9-16(27-2)17(10-14)28-3/h4-10,12H,11H2,1-3H3,(H,21,26)/t12-/m0/s1. The lowest BCUT2D eigenvalue weighted by molar-refractivity contribution is -0.122. The Bertz CT molecular complexity index is 958. The zero-order valence-electron chi connectivity index (χ0n) is 15.7. The highest BCUT2D eigenvalue weighted by Crippen LogP contribution is 2.30. The van der Waals surface area contributed by atoms with Crippen LogP contribution in [-0.2, 0) is 11.3 Å². The summed E-state index contributed by atoms with van der Waals surface area (Å²) in [5.41, 5.74) is 1.66. The van der Waals surface area contributed by atoms with E-state index in [1.807, 2.05) is 19.1 Å². The Hall–Kier alpha value is -3.13. The largest absolute Gasteiger partial charge is 0.493 e. The fourth-order valence-corrected chi connectivity index (χ4v) is 2.78. The van der Waals surface area contributed by atoms with Gasteiger partial charge in [-0.2, -0.15) is 4.80 Å². The van der Waals surface area contributed by atoms with Crippen molar-refractivity contribution >= 4 is 17.5 Å². The van der Waals surface area contributed by atoms with Crippen LogP contribution in [-0.4, -0.2) is 40.3 Å². The minimum atomic E-state index is -0.223. The van der Waals surface area contributed by atoms with Crippen molar-refractivity contribution in [3.63, 3.8) is 0 Å². The van der Waals surface area contributed by atoms with E-state index in [4.69, 9.17) is 21.1 Å². The molecule has 1 atom stereocenters. The van der Waals surface area contributed by atoms with E-state index < -0.39 is 0 Å². The van der Waals surface area contributed by atoms with Crippen LogP contribution in [0.5, 0.6) is 11.5 Å². The summed E-state index contributed by atoms with van der Waals surface area (Å²) in [4.78, 5) is 13.5. The third-order valence-corrected chi connectivity index (χ3v) is 4.38. The topological polar surface area (TPSA) is 91.2 Å². The van der Waals surface area contributed by atoms with E-state index >= 15 is 0 Å². The Labute approximate surface area is 167 Å². The molecule has 146 valence electrons. The van der Waals surface area contributed by atoms with E-state index in [9.17, 15) is 4.79 Å². The number of rotatable bonds is 7. The average molecular weight is 402 g/mol. The van der Waals surface area contributed by atoms with Gasteiger partial charge in [0, 0.05) is 10.6 Å². The molecule has 9 heteroatoms. The first-order valence-electron chi connectivity index (χ1n) is 8.55. The van der Waals surface area contributed by atoms with Crippen LogP contribution in [0.15, 0.2) is 42.5 Å². The molecule has 0 aliphatic heterocycles. The summed E-state index contributed by atoms with van der Waals surface area (Å²) >= 11 is 5.89. The molecule has 8 nitrogen and oxygen atoms in total. The molecular formula is C19H20ClN5O3. The molecule has 1 aromatic heterocycles. The maximum atomic E-state index is 12.3. The lowest BCUT2D eigenvalue weighted by Crippen LogP contribution is -2.30. The molecule has 0 unspecified atom stereocenters. The Kier molecular flexibility index (Phi) is 6.10. The van der Waals surface area contributed by atoms with Crippen LogP contribution in [0.25, 0.3) is 11.4 Å². The molecule has 0 saturated heterocycles. The van der Waals surface area contributed by atoms with Crippen molar-refractivity contribution in [3.05, 3.63) is 53.1 Å². The lowest BCUT2D eigenvalue weighted by atomic mass is 10.1. The van der Waals surface area contributed by atoms with Gasteiger partial charge in [0.2, 0.25) is 11.7 Å². The van der Waals surface area contributed by atoms with Crippen LogP contribution >= 0.6 is 11.6 Å². The molecule has 0 bridgehead atoms. The normalized spacial score (nSPS) is 11.7. The van der Waals surface area contributed by atoms with Gasteiger partial charge in [0.1, 0.15) is 6.54 Å². The number of nitrogens with zero attached hydrogens (tertiary/aromatic N) is 4. The lowest BCUT2D eigenvalue weighted by Gasteiger charge is -2.14. The minimum Gasteiger partial charge on any atom is -0.493 e. The van der Waals surface area contributed by atoms with Gasteiger partial charge in [-0.25, -0.2) is 0 Å². The van der Waals surface area contributed by atoms with Gasteiger partial charge in [0.25, 0.3) is 0 Å². The fourth-order valence-electron chi connectivity index (χ4n) is 2.65. The number of hydrogen-bond donors (Lipinski definition) is 1. The van der Waals surface area contributed by atoms with E-state index in [-0.39, 0.29) is 18.5 Å². The minimum absolute atomic E-state index is 0.0434. The van der Waals surface area contributed by atoms with Gasteiger partial charge in [-0.1, -0.05) is 23.7 Å². The van der Waals surface area contributed by atoms with E-state index in [1.165, 1.54) is 4.80 Å². The van der Waals surface area contributed by atoms with Crippen LogP contribution in [0, 0.1) is 0 Å². The zero-order chi connectivity index (χ0) is 20.1.